The van der Waals surface area contributed by atoms with Crippen molar-refractivity contribution in [3.05, 3.63) is 34.3 Å². The lowest BCUT2D eigenvalue weighted by molar-refractivity contribution is 0.00160. The number of benzene rings is 1. The number of halogens is 2. The Balaban J connectivity index is 0.00000128. The van der Waals surface area contributed by atoms with E-state index in [0.717, 1.165) is 16.6 Å². The smallest absolute Gasteiger partial charge is 0.144 e. The number of hydrogen-bond donors (Lipinski definition) is 1. The quantitative estimate of drug-likeness (QED) is 0.858. The minimum absolute atomic E-state index is 0. The van der Waals surface area contributed by atoms with Gasteiger partial charge in [0.15, 0.2) is 0 Å². The molecule has 0 spiro atoms. The van der Waals surface area contributed by atoms with Crippen molar-refractivity contribution in [2.45, 2.75) is 32.0 Å². The first-order valence-electron chi connectivity index (χ1n) is 5.11. The van der Waals surface area contributed by atoms with Gasteiger partial charge in [0.05, 0.1) is 6.61 Å². The Morgan fingerprint density at radius 3 is 2.38 bits per heavy atom. The van der Waals surface area contributed by atoms with Gasteiger partial charge in [-0.05, 0) is 26.8 Å². The minimum atomic E-state index is -0.385. The molecule has 1 aromatic carbocycles. The lowest BCUT2D eigenvalue weighted by atomic mass is 10.0. The highest BCUT2D eigenvalue weighted by Gasteiger charge is 2.42. The van der Waals surface area contributed by atoms with Crippen molar-refractivity contribution in [3.63, 3.8) is 0 Å². The van der Waals surface area contributed by atoms with Crippen LogP contribution in [0.15, 0.2) is 28.7 Å². The fourth-order valence-corrected chi connectivity index (χ4v) is 2.70. The number of ether oxygens (including phenoxy) is 1. The van der Waals surface area contributed by atoms with Crippen LogP contribution in [0.4, 0.5) is 0 Å². The fourth-order valence-electron chi connectivity index (χ4n) is 2.04. The molecule has 0 aromatic heterocycles. The van der Waals surface area contributed by atoms with Crippen LogP contribution in [-0.4, -0.2) is 12.1 Å². The first-order valence-corrected chi connectivity index (χ1v) is 5.91. The fraction of sp³-hybridized carbons (Fsp3) is 0.500. The van der Waals surface area contributed by atoms with Crippen LogP contribution in [0, 0.1) is 0 Å². The zero-order valence-electron chi connectivity index (χ0n) is 9.71. The van der Waals surface area contributed by atoms with Crippen molar-refractivity contribution in [2.75, 3.05) is 6.61 Å². The van der Waals surface area contributed by atoms with Crippen molar-refractivity contribution in [3.8, 4) is 0 Å². The van der Waals surface area contributed by atoms with E-state index in [9.17, 15) is 0 Å². The molecule has 1 heterocycles. The van der Waals surface area contributed by atoms with Gasteiger partial charge in [0, 0.05) is 15.6 Å². The summed E-state index contributed by atoms with van der Waals surface area (Å²) in [5.41, 5.74) is 0.795. The largest absolute Gasteiger partial charge is 0.355 e. The van der Waals surface area contributed by atoms with Crippen LogP contribution in [-0.2, 0) is 10.5 Å². The first kappa shape index (κ1) is 14.0. The number of hydrogen-bond acceptors (Lipinski definition) is 2. The highest BCUT2D eigenvalue weighted by Crippen LogP contribution is 2.35. The summed E-state index contributed by atoms with van der Waals surface area (Å²) in [6.45, 7) is 7.09. The molecule has 0 saturated carbocycles. The lowest BCUT2D eigenvalue weighted by Gasteiger charge is -2.28. The van der Waals surface area contributed by atoms with Gasteiger partial charge in [-0.15, -0.1) is 12.4 Å². The van der Waals surface area contributed by atoms with Gasteiger partial charge >= 0.3 is 0 Å². The van der Waals surface area contributed by atoms with E-state index in [0.29, 0.717) is 0 Å². The second-order valence-electron chi connectivity index (χ2n) is 4.81. The monoisotopic (exact) mass is 305 g/mol. The topological polar surface area (TPSA) is 21.3 Å². The van der Waals surface area contributed by atoms with Crippen LogP contribution in [0.3, 0.4) is 0 Å². The molecule has 1 fully saturated rings. The highest BCUT2D eigenvalue weighted by molar-refractivity contribution is 9.10. The maximum atomic E-state index is 5.88. The van der Waals surface area contributed by atoms with E-state index in [-0.39, 0.29) is 23.7 Å². The molecule has 0 aliphatic carbocycles. The standard InChI is InChI=1S/C12H16BrNO.ClH/c1-11(2)8-15-12(3,14-11)9-6-4-5-7-10(9)13;/h4-7,14H,8H2,1-3H3;1H. The van der Waals surface area contributed by atoms with Crippen LogP contribution in [0.25, 0.3) is 0 Å². The molecule has 1 aliphatic heterocycles. The molecule has 4 heteroatoms. The van der Waals surface area contributed by atoms with E-state index in [2.05, 4.69) is 48.1 Å². The van der Waals surface area contributed by atoms with Crippen molar-refractivity contribution in [2.24, 2.45) is 0 Å². The summed E-state index contributed by atoms with van der Waals surface area (Å²) < 4.78 is 6.96. The lowest BCUT2D eigenvalue weighted by Crippen LogP contribution is -2.44. The van der Waals surface area contributed by atoms with Gasteiger partial charge in [-0.3, -0.25) is 5.32 Å². The van der Waals surface area contributed by atoms with Crippen LogP contribution < -0.4 is 5.32 Å². The molecule has 0 amide bonds. The van der Waals surface area contributed by atoms with Gasteiger partial charge in [0.25, 0.3) is 0 Å². The van der Waals surface area contributed by atoms with Crippen molar-refractivity contribution >= 4 is 28.3 Å². The van der Waals surface area contributed by atoms with Gasteiger partial charge in [0.2, 0.25) is 0 Å². The summed E-state index contributed by atoms with van der Waals surface area (Å²) in [7, 11) is 0. The average Bonchev–Trinajstić information content (AvgIpc) is 2.42. The summed E-state index contributed by atoms with van der Waals surface area (Å²) >= 11 is 3.56. The third-order valence-electron chi connectivity index (χ3n) is 2.69. The highest BCUT2D eigenvalue weighted by atomic mass is 79.9. The predicted octanol–water partition coefficient (Wildman–Crippen LogP) is 3.44. The SMILES string of the molecule is CC1(C)COC(C)(c2ccccc2Br)N1.Cl. The Morgan fingerprint density at radius 1 is 1.25 bits per heavy atom. The summed E-state index contributed by atoms with van der Waals surface area (Å²) in [4.78, 5) is 0. The maximum absolute atomic E-state index is 5.88. The third kappa shape index (κ3) is 2.59. The molecule has 1 unspecified atom stereocenters. The molecule has 2 nitrogen and oxygen atoms in total. The molecule has 1 aliphatic rings. The van der Waals surface area contributed by atoms with Gasteiger partial charge < -0.3 is 4.74 Å². The van der Waals surface area contributed by atoms with Crippen LogP contribution in [0.5, 0.6) is 0 Å². The molecule has 90 valence electrons. The Kier molecular flexibility index (Phi) is 4.06. The van der Waals surface area contributed by atoms with E-state index >= 15 is 0 Å². The number of rotatable bonds is 1. The van der Waals surface area contributed by atoms with Gasteiger partial charge in [-0.1, -0.05) is 34.1 Å². The Morgan fingerprint density at radius 2 is 1.88 bits per heavy atom. The predicted molar refractivity (Wildman–Crippen MR) is 71.9 cm³/mol. The molecule has 0 bridgehead atoms. The zero-order valence-corrected chi connectivity index (χ0v) is 12.1. The normalized spacial score (nSPS) is 27.5. The molecule has 16 heavy (non-hydrogen) atoms. The molecule has 1 N–H and O–H groups in total. The second kappa shape index (κ2) is 4.65. The molecule has 1 saturated heterocycles. The Labute approximate surface area is 111 Å². The Bertz CT molecular complexity index is 383. The summed E-state index contributed by atoms with van der Waals surface area (Å²) in [6, 6.07) is 8.16. The van der Waals surface area contributed by atoms with E-state index < -0.39 is 0 Å². The van der Waals surface area contributed by atoms with Gasteiger partial charge in [0.1, 0.15) is 5.72 Å². The average molecular weight is 307 g/mol. The van der Waals surface area contributed by atoms with Crippen molar-refractivity contribution in [1.29, 1.82) is 0 Å². The second-order valence-corrected chi connectivity index (χ2v) is 5.66. The third-order valence-corrected chi connectivity index (χ3v) is 3.38. The van der Waals surface area contributed by atoms with Crippen LogP contribution >= 0.6 is 28.3 Å². The summed E-state index contributed by atoms with van der Waals surface area (Å²) in [6.07, 6.45) is 0. The Hall–Kier alpha value is -0.0900. The van der Waals surface area contributed by atoms with E-state index in [1.807, 2.05) is 18.2 Å². The van der Waals surface area contributed by atoms with E-state index in [1.165, 1.54) is 0 Å². The van der Waals surface area contributed by atoms with Gasteiger partial charge in [-0.25, -0.2) is 0 Å². The van der Waals surface area contributed by atoms with Gasteiger partial charge in [-0.2, -0.15) is 0 Å². The van der Waals surface area contributed by atoms with Crippen LogP contribution in [0.1, 0.15) is 26.3 Å². The molecule has 0 radical (unpaired) electrons. The molecule has 1 atom stereocenters. The minimum Gasteiger partial charge on any atom is -0.355 e. The molecular formula is C12H17BrClNO. The number of nitrogens with one attached hydrogen (secondary N) is 1. The summed E-state index contributed by atoms with van der Waals surface area (Å²) in [5, 5.41) is 3.51. The summed E-state index contributed by atoms with van der Waals surface area (Å²) in [5.74, 6) is 0. The van der Waals surface area contributed by atoms with Crippen molar-refractivity contribution in [1.82, 2.24) is 5.32 Å². The molecule has 1 aromatic rings. The first-order chi connectivity index (χ1) is 6.93. The van der Waals surface area contributed by atoms with Crippen LogP contribution in [0.2, 0.25) is 0 Å². The van der Waals surface area contributed by atoms with E-state index in [1.54, 1.807) is 0 Å². The van der Waals surface area contributed by atoms with E-state index in [4.69, 9.17) is 4.74 Å². The zero-order chi connectivity index (χ0) is 11.1. The van der Waals surface area contributed by atoms with Crippen molar-refractivity contribution < 1.29 is 4.74 Å². The molecular weight excluding hydrogens is 289 g/mol. The maximum Gasteiger partial charge on any atom is 0.144 e. The molecule has 2 rings (SSSR count).